The van der Waals surface area contributed by atoms with Gasteiger partial charge in [-0.05, 0) is 43.7 Å². The van der Waals surface area contributed by atoms with Gasteiger partial charge in [0.2, 0.25) is 10.0 Å². The van der Waals surface area contributed by atoms with Gasteiger partial charge in [0.1, 0.15) is 17.5 Å². The van der Waals surface area contributed by atoms with Crippen LogP contribution >= 0.6 is 0 Å². The molecule has 0 spiro atoms. The maximum Gasteiger partial charge on any atom is 0.328 e. The molecule has 2 aromatic rings. The number of ether oxygens (including phenoxy) is 1. The lowest BCUT2D eigenvalue weighted by Crippen LogP contribution is -2.35. The Hall–Kier alpha value is -2.58. The van der Waals surface area contributed by atoms with Crippen molar-refractivity contribution in [3.8, 4) is 11.5 Å². The number of phenolic OH excluding ortho intramolecular Hbond substituents is 2. The van der Waals surface area contributed by atoms with Crippen LogP contribution in [-0.4, -0.2) is 31.2 Å². The van der Waals surface area contributed by atoms with Crippen LogP contribution in [0.25, 0.3) is 0 Å². The molecule has 0 bridgehead atoms. The topological polar surface area (TPSA) is 113 Å². The van der Waals surface area contributed by atoms with Gasteiger partial charge in [0.15, 0.2) is 0 Å². The van der Waals surface area contributed by atoms with E-state index in [0.717, 1.165) is 18.1 Å². The predicted molar refractivity (Wildman–Crippen MR) is 99.9 cm³/mol. The molecule has 0 saturated carbocycles. The van der Waals surface area contributed by atoms with Crippen LogP contribution in [0.2, 0.25) is 0 Å². The number of unbranched alkanes of at least 4 members (excludes halogenated alkanes) is 1. The molecule has 0 aromatic heterocycles. The molecule has 7 nitrogen and oxygen atoms in total. The third-order valence-corrected chi connectivity index (χ3v) is 5.34. The second-order valence-corrected chi connectivity index (χ2v) is 7.85. The maximum absolute atomic E-state index is 12.7. The zero-order valence-electron chi connectivity index (χ0n) is 15.2. The van der Waals surface area contributed by atoms with E-state index in [4.69, 9.17) is 4.74 Å². The lowest BCUT2D eigenvalue weighted by Gasteiger charge is -2.19. The summed E-state index contributed by atoms with van der Waals surface area (Å²) in [6, 6.07) is 8.13. The van der Waals surface area contributed by atoms with Gasteiger partial charge in [-0.3, -0.25) is 0 Å². The molecular weight excluding hydrogens is 370 g/mol. The van der Waals surface area contributed by atoms with Gasteiger partial charge in [-0.2, -0.15) is 4.72 Å². The minimum absolute atomic E-state index is 0.0286. The van der Waals surface area contributed by atoms with E-state index < -0.39 is 22.0 Å². The number of esters is 1. The van der Waals surface area contributed by atoms with Crippen LogP contribution in [0.4, 0.5) is 0 Å². The van der Waals surface area contributed by atoms with Crippen molar-refractivity contribution < 1.29 is 28.2 Å². The van der Waals surface area contributed by atoms with Crippen LogP contribution in [0.15, 0.2) is 47.4 Å². The first-order valence-electron chi connectivity index (χ1n) is 8.52. The molecule has 0 fully saturated rings. The smallest absolute Gasteiger partial charge is 0.328 e. The van der Waals surface area contributed by atoms with E-state index in [1.54, 1.807) is 12.1 Å². The fraction of sp³-hybridized carbons (Fsp3) is 0.316. The monoisotopic (exact) mass is 393 g/mol. The molecule has 0 aliphatic rings. The molecule has 0 aliphatic carbocycles. The average Bonchev–Trinajstić information content (AvgIpc) is 2.62. The molecule has 3 N–H and O–H groups in total. The van der Waals surface area contributed by atoms with E-state index in [0.29, 0.717) is 6.42 Å². The highest BCUT2D eigenvalue weighted by Crippen LogP contribution is 2.30. The molecule has 0 aliphatic heterocycles. The molecule has 2 aromatic carbocycles. The van der Waals surface area contributed by atoms with Crippen LogP contribution < -0.4 is 4.72 Å². The third kappa shape index (κ3) is 5.45. The Balaban J connectivity index is 2.38. The molecule has 1 atom stereocenters. The van der Waals surface area contributed by atoms with Crippen LogP contribution in [0.5, 0.6) is 11.5 Å². The van der Waals surface area contributed by atoms with Crippen molar-refractivity contribution in [2.75, 3.05) is 6.61 Å². The molecule has 0 saturated heterocycles. The summed E-state index contributed by atoms with van der Waals surface area (Å²) in [4.78, 5) is 12.5. The van der Waals surface area contributed by atoms with E-state index in [-0.39, 0.29) is 28.6 Å². The summed E-state index contributed by atoms with van der Waals surface area (Å²) in [5, 5.41) is 19.8. The van der Waals surface area contributed by atoms with Crippen LogP contribution in [0, 0.1) is 6.92 Å². The Labute approximate surface area is 158 Å². The average molecular weight is 393 g/mol. The maximum atomic E-state index is 12.7. The molecule has 0 radical (unpaired) electrons. The molecule has 27 heavy (non-hydrogen) atoms. The number of carbonyl (C=O) groups excluding carboxylic acids is 1. The SMILES string of the molecule is CCCCOC(=O)C(NS(=O)(=O)c1ccc(C)cc1)c1cc(O)ccc1O. The highest BCUT2D eigenvalue weighted by molar-refractivity contribution is 7.89. The number of aromatic hydroxyl groups is 2. The number of nitrogens with one attached hydrogen (secondary N) is 1. The molecular formula is C19H23NO6S. The van der Waals surface area contributed by atoms with Gasteiger partial charge in [-0.25, -0.2) is 13.2 Å². The molecule has 0 amide bonds. The summed E-state index contributed by atoms with van der Waals surface area (Å²) in [6.45, 7) is 3.87. The van der Waals surface area contributed by atoms with E-state index in [1.807, 2.05) is 13.8 Å². The zero-order valence-corrected chi connectivity index (χ0v) is 16.0. The second kappa shape index (κ2) is 8.88. The summed E-state index contributed by atoms with van der Waals surface area (Å²) in [5.74, 6) is -1.42. The predicted octanol–water partition coefficient (Wildman–Crippen LogP) is 2.77. The summed E-state index contributed by atoms with van der Waals surface area (Å²) in [6.07, 6.45) is 1.42. The normalized spacial score (nSPS) is 12.5. The quantitative estimate of drug-likeness (QED) is 0.361. The molecule has 2 rings (SSSR count). The number of aryl methyl sites for hydroxylation is 1. The highest BCUT2D eigenvalue weighted by Gasteiger charge is 2.31. The van der Waals surface area contributed by atoms with Gasteiger partial charge in [-0.15, -0.1) is 0 Å². The highest BCUT2D eigenvalue weighted by atomic mass is 32.2. The number of sulfonamides is 1. The fourth-order valence-corrected chi connectivity index (χ4v) is 3.52. The van der Waals surface area contributed by atoms with Crippen LogP contribution in [-0.2, 0) is 19.6 Å². The standard InChI is InChI=1S/C19H23NO6S/c1-3-4-11-26-19(23)18(16-12-14(21)7-10-17(16)22)20-27(24,25)15-8-5-13(2)6-9-15/h5-10,12,18,20-22H,3-4,11H2,1-2H3. The van der Waals surface area contributed by atoms with Crippen LogP contribution in [0.1, 0.15) is 36.9 Å². The number of carbonyl (C=O) groups is 1. The van der Waals surface area contributed by atoms with Gasteiger partial charge in [0, 0.05) is 5.56 Å². The number of hydrogen-bond acceptors (Lipinski definition) is 6. The summed E-state index contributed by atoms with van der Waals surface area (Å²) >= 11 is 0. The van der Waals surface area contributed by atoms with Gasteiger partial charge in [0.05, 0.1) is 11.5 Å². The van der Waals surface area contributed by atoms with Crippen molar-refractivity contribution in [2.45, 2.75) is 37.6 Å². The van der Waals surface area contributed by atoms with Gasteiger partial charge >= 0.3 is 5.97 Å². The van der Waals surface area contributed by atoms with E-state index in [9.17, 15) is 23.4 Å². The fourth-order valence-electron chi connectivity index (χ4n) is 2.35. The first-order valence-corrected chi connectivity index (χ1v) is 10.0. The van der Waals surface area contributed by atoms with Gasteiger partial charge in [-0.1, -0.05) is 31.0 Å². The van der Waals surface area contributed by atoms with Crippen molar-refractivity contribution in [1.29, 1.82) is 0 Å². The van der Waals surface area contributed by atoms with Crippen LogP contribution in [0.3, 0.4) is 0 Å². The molecule has 0 heterocycles. The first-order chi connectivity index (χ1) is 12.7. The van der Waals surface area contributed by atoms with Crippen molar-refractivity contribution in [1.82, 2.24) is 4.72 Å². The Morgan fingerprint density at radius 1 is 1.15 bits per heavy atom. The van der Waals surface area contributed by atoms with Gasteiger partial charge in [0.25, 0.3) is 0 Å². The minimum atomic E-state index is -4.07. The third-order valence-electron chi connectivity index (χ3n) is 3.90. The lowest BCUT2D eigenvalue weighted by molar-refractivity contribution is -0.146. The molecule has 1 unspecified atom stereocenters. The lowest BCUT2D eigenvalue weighted by atomic mass is 10.1. The minimum Gasteiger partial charge on any atom is -0.508 e. The zero-order chi connectivity index (χ0) is 20.0. The van der Waals surface area contributed by atoms with Crippen molar-refractivity contribution in [2.24, 2.45) is 0 Å². The Morgan fingerprint density at radius 3 is 2.44 bits per heavy atom. The Morgan fingerprint density at radius 2 is 1.81 bits per heavy atom. The van der Waals surface area contributed by atoms with Gasteiger partial charge < -0.3 is 14.9 Å². The number of hydrogen-bond donors (Lipinski definition) is 3. The number of phenols is 2. The molecule has 8 heteroatoms. The number of benzene rings is 2. The summed E-state index contributed by atoms with van der Waals surface area (Å²) in [5.41, 5.74) is 0.794. The Kier molecular flexibility index (Phi) is 6.81. The summed E-state index contributed by atoms with van der Waals surface area (Å²) in [7, 11) is -4.07. The number of rotatable bonds is 8. The Bertz CT molecular complexity index is 893. The van der Waals surface area contributed by atoms with Crippen molar-refractivity contribution >= 4 is 16.0 Å². The van der Waals surface area contributed by atoms with E-state index in [1.165, 1.54) is 24.3 Å². The van der Waals surface area contributed by atoms with E-state index in [2.05, 4.69) is 4.72 Å². The van der Waals surface area contributed by atoms with Crippen molar-refractivity contribution in [3.05, 3.63) is 53.6 Å². The second-order valence-electron chi connectivity index (χ2n) is 6.13. The van der Waals surface area contributed by atoms with E-state index >= 15 is 0 Å². The molecule has 146 valence electrons. The summed E-state index contributed by atoms with van der Waals surface area (Å²) < 4.78 is 32.8. The largest absolute Gasteiger partial charge is 0.508 e. The van der Waals surface area contributed by atoms with Crippen molar-refractivity contribution in [3.63, 3.8) is 0 Å². The first kappa shape index (κ1) is 20.7.